The minimum absolute atomic E-state index is 0.0961. The Bertz CT molecular complexity index is 467. The molecule has 1 unspecified atom stereocenters. The monoisotopic (exact) mass is 344 g/mol. The molecule has 2 rings (SSSR count). The molecule has 5 heteroatoms. The molecule has 0 saturated carbocycles. The molecule has 1 amide bonds. The number of benzene rings is 1. The first-order valence-electron chi connectivity index (χ1n) is 6.55. The van der Waals surface area contributed by atoms with E-state index in [9.17, 15) is 4.79 Å². The number of nitrogens with zero attached hydrogens (tertiary/aromatic N) is 1. The standard InChI is InChI=1S/C14H18BrClN2O/c1-2-18-6-5-10(9-18)8-17-14(19)12-7-11(15)3-4-13(12)16/h3-4,7,10H,2,5-6,8-9H2,1H3,(H,17,19). The Morgan fingerprint density at radius 2 is 2.37 bits per heavy atom. The number of carbonyl (C=O) groups excluding carboxylic acids is 1. The van der Waals surface area contributed by atoms with Crippen molar-refractivity contribution in [2.75, 3.05) is 26.2 Å². The quantitative estimate of drug-likeness (QED) is 0.909. The highest BCUT2D eigenvalue weighted by atomic mass is 79.9. The number of hydrogen-bond donors (Lipinski definition) is 1. The number of hydrogen-bond acceptors (Lipinski definition) is 2. The third kappa shape index (κ3) is 3.94. The molecule has 0 radical (unpaired) electrons. The van der Waals surface area contributed by atoms with Crippen molar-refractivity contribution in [2.24, 2.45) is 5.92 Å². The Morgan fingerprint density at radius 3 is 3.05 bits per heavy atom. The lowest BCUT2D eigenvalue weighted by atomic mass is 10.1. The lowest BCUT2D eigenvalue weighted by Gasteiger charge is -2.14. The minimum Gasteiger partial charge on any atom is -0.352 e. The summed E-state index contributed by atoms with van der Waals surface area (Å²) < 4.78 is 0.861. The van der Waals surface area contributed by atoms with Crippen molar-refractivity contribution in [2.45, 2.75) is 13.3 Å². The van der Waals surface area contributed by atoms with Gasteiger partial charge in [0.05, 0.1) is 10.6 Å². The fraction of sp³-hybridized carbons (Fsp3) is 0.500. The maximum atomic E-state index is 12.1. The lowest BCUT2D eigenvalue weighted by molar-refractivity contribution is 0.0947. The van der Waals surface area contributed by atoms with Crippen molar-refractivity contribution < 1.29 is 4.79 Å². The fourth-order valence-corrected chi connectivity index (χ4v) is 2.93. The maximum absolute atomic E-state index is 12.1. The predicted molar refractivity (Wildman–Crippen MR) is 81.7 cm³/mol. The van der Waals surface area contributed by atoms with Gasteiger partial charge in [-0.2, -0.15) is 0 Å². The minimum atomic E-state index is -0.0961. The van der Waals surface area contributed by atoms with Crippen LogP contribution in [0.4, 0.5) is 0 Å². The first kappa shape index (κ1) is 14.8. The Labute approximate surface area is 127 Å². The van der Waals surface area contributed by atoms with E-state index in [4.69, 9.17) is 11.6 Å². The molecule has 0 bridgehead atoms. The molecule has 1 aliphatic rings. The average Bonchev–Trinajstić information content (AvgIpc) is 2.87. The highest BCUT2D eigenvalue weighted by Crippen LogP contribution is 2.21. The van der Waals surface area contributed by atoms with E-state index < -0.39 is 0 Å². The van der Waals surface area contributed by atoms with Crippen molar-refractivity contribution in [1.29, 1.82) is 0 Å². The van der Waals surface area contributed by atoms with E-state index in [0.717, 1.165) is 37.1 Å². The van der Waals surface area contributed by atoms with Crippen LogP contribution in [0.2, 0.25) is 5.02 Å². The summed E-state index contributed by atoms with van der Waals surface area (Å²) in [6.07, 6.45) is 1.15. The lowest BCUT2D eigenvalue weighted by Crippen LogP contribution is -2.31. The summed E-state index contributed by atoms with van der Waals surface area (Å²) in [7, 11) is 0. The average molecular weight is 346 g/mol. The van der Waals surface area contributed by atoms with Crippen LogP contribution in [0.3, 0.4) is 0 Å². The van der Waals surface area contributed by atoms with Crippen LogP contribution in [0, 0.1) is 5.92 Å². The normalized spacial score (nSPS) is 19.6. The van der Waals surface area contributed by atoms with Crippen LogP contribution in [0.25, 0.3) is 0 Å². The van der Waals surface area contributed by atoms with E-state index in [0.29, 0.717) is 16.5 Å². The predicted octanol–water partition coefficient (Wildman–Crippen LogP) is 3.17. The second-order valence-electron chi connectivity index (χ2n) is 4.88. The molecular weight excluding hydrogens is 328 g/mol. The van der Waals surface area contributed by atoms with Crippen LogP contribution in [-0.2, 0) is 0 Å². The van der Waals surface area contributed by atoms with Gasteiger partial charge in [0.25, 0.3) is 5.91 Å². The van der Waals surface area contributed by atoms with Crippen LogP contribution in [0.1, 0.15) is 23.7 Å². The van der Waals surface area contributed by atoms with Crippen molar-refractivity contribution in [3.8, 4) is 0 Å². The molecule has 19 heavy (non-hydrogen) atoms. The van der Waals surface area contributed by atoms with Gasteiger partial charge in [0.2, 0.25) is 0 Å². The third-order valence-corrected chi connectivity index (χ3v) is 4.36. The first-order chi connectivity index (χ1) is 9.10. The van der Waals surface area contributed by atoms with Crippen LogP contribution in [0.15, 0.2) is 22.7 Å². The van der Waals surface area contributed by atoms with Crippen molar-refractivity contribution in [3.63, 3.8) is 0 Å². The molecule has 1 fully saturated rings. The zero-order valence-electron chi connectivity index (χ0n) is 11.0. The van der Waals surface area contributed by atoms with Gasteiger partial charge in [-0.25, -0.2) is 0 Å². The summed E-state index contributed by atoms with van der Waals surface area (Å²) in [5.41, 5.74) is 0.529. The topological polar surface area (TPSA) is 32.3 Å². The Morgan fingerprint density at radius 1 is 1.58 bits per heavy atom. The summed E-state index contributed by atoms with van der Waals surface area (Å²) in [6, 6.07) is 5.31. The van der Waals surface area contributed by atoms with Crippen LogP contribution >= 0.6 is 27.5 Å². The number of halogens is 2. The van der Waals surface area contributed by atoms with Gasteiger partial charge < -0.3 is 10.2 Å². The molecule has 1 aliphatic heterocycles. The van der Waals surface area contributed by atoms with Crippen molar-refractivity contribution >= 4 is 33.4 Å². The maximum Gasteiger partial charge on any atom is 0.252 e. The summed E-state index contributed by atoms with van der Waals surface area (Å²) in [4.78, 5) is 14.5. The molecule has 1 aromatic rings. The second-order valence-corrected chi connectivity index (χ2v) is 6.20. The molecule has 104 valence electrons. The van der Waals surface area contributed by atoms with Gasteiger partial charge in [0, 0.05) is 17.6 Å². The number of amides is 1. The second kappa shape index (κ2) is 6.73. The van der Waals surface area contributed by atoms with Gasteiger partial charge in [0.15, 0.2) is 0 Å². The number of carbonyl (C=O) groups is 1. The molecule has 0 aliphatic carbocycles. The van der Waals surface area contributed by atoms with Crippen LogP contribution in [-0.4, -0.2) is 37.0 Å². The van der Waals surface area contributed by atoms with E-state index in [1.807, 2.05) is 6.07 Å². The molecular formula is C14H18BrClN2O. The molecule has 1 saturated heterocycles. The third-order valence-electron chi connectivity index (χ3n) is 3.54. The molecule has 0 aromatic heterocycles. The van der Waals surface area contributed by atoms with Crippen LogP contribution in [0.5, 0.6) is 0 Å². The number of rotatable bonds is 4. The summed E-state index contributed by atoms with van der Waals surface area (Å²) in [5.74, 6) is 0.455. The molecule has 1 N–H and O–H groups in total. The summed E-state index contributed by atoms with van der Waals surface area (Å²) >= 11 is 9.40. The van der Waals surface area contributed by atoms with Gasteiger partial charge in [0.1, 0.15) is 0 Å². The largest absolute Gasteiger partial charge is 0.352 e. The highest BCUT2D eigenvalue weighted by Gasteiger charge is 2.22. The molecule has 1 aromatic carbocycles. The van der Waals surface area contributed by atoms with Gasteiger partial charge >= 0.3 is 0 Å². The van der Waals surface area contributed by atoms with Crippen molar-refractivity contribution in [3.05, 3.63) is 33.3 Å². The Balaban J connectivity index is 1.89. The van der Waals surface area contributed by atoms with E-state index in [2.05, 4.69) is 33.1 Å². The smallest absolute Gasteiger partial charge is 0.252 e. The fourth-order valence-electron chi connectivity index (χ4n) is 2.37. The van der Waals surface area contributed by atoms with Gasteiger partial charge in [-0.05, 0) is 43.6 Å². The van der Waals surface area contributed by atoms with E-state index >= 15 is 0 Å². The number of nitrogens with one attached hydrogen (secondary N) is 1. The highest BCUT2D eigenvalue weighted by molar-refractivity contribution is 9.10. The zero-order valence-corrected chi connectivity index (χ0v) is 13.3. The van der Waals surface area contributed by atoms with Gasteiger partial charge in [-0.3, -0.25) is 4.79 Å². The Hall–Kier alpha value is -0.580. The van der Waals surface area contributed by atoms with Gasteiger partial charge in [-0.1, -0.05) is 34.5 Å². The van der Waals surface area contributed by atoms with Crippen molar-refractivity contribution in [1.82, 2.24) is 10.2 Å². The molecule has 3 nitrogen and oxygen atoms in total. The van der Waals surface area contributed by atoms with Gasteiger partial charge in [-0.15, -0.1) is 0 Å². The zero-order chi connectivity index (χ0) is 13.8. The summed E-state index contributed by atoms with van der Waals surface area (Å²) in [6.45, 7) is 6.18. The summed E-state index contributed by atoms with van der Waals surface area (Å²) in [5, 5.41) is 3.47. The molecule has 1 heterocycles. The molecule has 0 spiro atoms. The SMILES string of the molecule is CCN1CCC(CNC(=O)c2cc(Br)ccc2Cl)C1. The Kier molecular flexibility index (Phi) is 5.25. The first-order valence-corrected chi connectivity index (χ1v) is 7.73. The number of likely N-dealkylation sites (tertiary alicyclic amines) is 1. The van der Waals surface area contributed by atoms with E-state index in [1.54, 1.807) is 12.1 Å². The van der Waals surface area contributed by atoms with E-state index in [-0.39, 0.29) is 5.91 Å². The molecule has 1 atom stereocenters. The van der Waals surface area contributed by atoms with E-state index in [1.165, 1.54) is 0 Å². The van der Waals surface area contributed by atoms with Crippen LogP contribution < -0.4 is 5.32 Å².